The van der Waals surface area contributed by atoms with Crippen molar-refractivity contribution in [1.82, 2.24) is 5.32 Å². The highest BCUT2D eigenvalue weighted by molar-refractivity contribution is 5.50. The first-order valence-electron chi connectivity index (χ1n) is 7.02. The highest BCUT2D eigenvalue weighted by Gasteiger charge is 2.32. The van der Waals surface area contributed by atoms with E-state index in [0.717, 1.165) is 18.5 Å². The summed E-state index contributed by atoms with van der Waals surface area (Å²) >= 11 is 0. The van der Waals surface area contributed by atoms with Gasteiger partial charge in [0.2, 0.25) is 0 Å². The van der Waals surface area contributed by atoms with Crippen LogP contribution in [-0.4, -0.2) is 23.4 Å². The molecule has 3 N–H and O–H groups in total. The fourth-order valence-electron chi connectivity index (χ4n) is 2.98. The molecule has 0 bridgehead atoms. The number of phenols is 1. The molecule has 0 aromatic heterocycles. The van der Waals surface area contributed by atoms with Crippen molar-refractivity contribution in [2.24, 2.45) is 5.41 Å². The number of hydrogen-bond acceptors (Lipinski definition) is 3. The Kier molecular flexibility index (Phi) is 3.88. The van der Waals surface area contributed by atoms with E-state index in [9.17, 15) is 10.2 Å². The molecule has 2 rings (SSSR count). The van der Waals surface area contributed by atoms with Crippen molar-refractivity contribution in [3.63, 3.8) is 0 Å². The van der Waals surface area contributed by atoms with Gasteiger partial charge in [-0.3, -0.25) is 0 Å². The predicted octanol–water partition coefficient (Wildman–Crippen LogP) is 2.86. The van der Waals surface area contributed by atoms with Crippen molar-refractivity contribution in [2.45, 2.75) is 46.1 Å². The number of fused-ring (bicyclic) bond motifs is 1. The van der Waals surface area contributed by atoms with Crippen LogP contribution in [0.1, 0.15) is 55.8 Å². The molecule has 2 atom stereocenters. The summed E-state index contributed by atoms with van der Waals surface area (Å²) < 4.78 is 0. The third-order valence-electron chi connectivity index (χ3n) is 4.17. The molecule has 0 fully saturated rings. The minimum absolute atomic E-state index is 0.133. The molecule has 1 aliphatic rings. The lowest BCUT2D eigenvalue weighted by atomic mass is 9.94. The molecular formula is C16H25NO2. The number of nitrogens with one attached hydrogen (secondary N) is 1. The summed E-state index contributed by atoms with van der Waals surface area (Å²) in [7, 11) is 0. The molecule has 0 radical (unpaired) electrons. The number of aliphatic hydroxyl groups is 1. The minimum atomic E-state index is -0.133. The second kappa shape index (κ2) is 5.14. The Bertz CT molecular complexity index is 468. The molecule has 19 heavy (non-hydrogen) atoms. The number of aromatic hydroxyl groups is 1. The summed E-state index contributed by atoms with van der Waals surface area (Å²) in [6.07, 6.45) is 1.01. The van der Waals surface area contributed by atoms with E-state index in [1.165, 1.54) is 11.1 Å². The van der Waals surface area contributed by atoms with Crippen LogP contribution < -0.4 is 5.32 Å². The highest BCUT2D eigenvalue weighted by atomic mass is 16.3. The molecule has 0 aliphatic heterocycles. The van der Waals surface area contributed by atoms with Crippen molar-refractivity contribution < 1.29 is 10.2 Å². The molecule has 0 spiro atoms. The van der Waals surface area contributed by atoms with Crippen molar-refractivity contribution in [2.75, 3.05) is 13.2 Å². The Morgan fingerprint density at radius 3 is 2.63 bits per heavy atom. The van der Waals surface area contributed by atoms with Gasteiger partial charge in [-0.1, -0.05) is 26.8 Å². The quantitative estimate of drug-likeness (QED) is 0.783. The van der Waals surface area contributed by atoms with Crippen LogP contribution in [0, 0.1) is 12.3 Å². The van der Waals surface area contributed by atoms with Gasteiger partial charge in [0.25, 0.3) is 0 Å². The average Bonchev–Trinajstić information content (AvgIpc) is 2.70. The fraction of sp³-hybridized carbons (Fsp3) is 0.625. The van der Waals surface area contributed by atoms with Crippen LogP contribution in [0.4, 0.5) is 0 Å². The van der Waals surface area contributed by atoms with Crippen LogP contribution in [0.5, 0.6) is 5.75 Å². The van der Waals surface area contributed by atoms with E-state index in [0.29, 0.717) is 11.7 Å². The molecule has 1 aromatic rings. The lowest BCUT2D eigenvalue weighted by Crippen LogP contribution is -2.34. The molecule has 3 nitrogen and oxygen atoms in total. The normalized spacial score (nSPS) is 22.6. The maximum Gasteiger partial charge on any atom is 0.120 e. The minimum Gasteiger partial charge on any atom is -0.508 e. The van der Waals surface area contributed by atoms with Crippen LogP contribution in [0.25, 0.3) is 0 Å². The van der Waals surface area contributed by atoms with Crippen LogP contribution in [0.15, 0.2) is 12.1 Å². The van der Waals surface area contributed by atoms with Gasteiger partial charge in [-0.2, -0.15) is 0 Å². The summed E-state index contributed by atoms with van der Waals surface area (Å²) in [5, 5.41) is 23.0. The Morgan fingerprint density at radius 1 is 1.32 bits per heavy atom. The van der Waals surface area contributed by atoms with Crippen molar-refractivity contribution >= 4 is 0 Å². The molecule has 0 heterocycles. The summed E-state index contributed by atoms with van der Waals surface area (Å²) in [5.74, 6) is 0.862. The molecule has 3 heteroatoms. The molecule has 1 aliphatic carbocycles. The van der Waals surface area contributed by atoms with E-state index in [4.69, 9.17) is 0 Å². The maximum absolute atomic E-state index is 10.1. The van der Waals surface area contributed by atoms with E-state index in [1.807, 2.05) is 19.9 Å². The van der Waals surface area contributed by atoms with Gasteiger partial charge in [-0.15, -0.1) is 0 Å². The smallest absolute Gasteiger partial charge is 0.120 e. The number of hydrogen-bond donors (Lipinski definition) is 3. The van der Waals surface area contributed by atoms with Crippen LogP contribution >= 0.6 is 0 Å². The highest BCUT2D eigenvalue weighted by Crippen LogP contribution is 2.46. The number of phenolic OH excluding ortho intramolecular Hbond substituents is 1. The van der Waals surface area contributed by atoms with Gasteiger partial charge in [0.15, 0.2) is 0 Å². The largest absolute Gasteiger partial charge is 0.508 e. The Hall–Kier alpha value is -1.06. The van der Waals surface area contributed by atoms with Crippen LogP contribution in [0.2, 0.25) is 0 Å². The number of aryl methyl sites for hydroxylation is 1. The van der Waals surface area contributed by atoms with E-state index in [2.05, 4.69) is 19.2 Å². The first-order valence-corrected chi connectivity index (χ1v) is 7.02. The van der Waals surface area contributed by atoms with Gasteiger partial charge in [0, 0.05) is 30.2 Å². The summed E-state index contributed by atoms with van der Waals surface area (Å²) in [4.78, 5) is 0. The van der Waals surface area contributed by atoms with Gasteiger partial charge >= 0.3 is 0 Å². The lowest BCUT2D eigenvalue weighted by Gasteiger charge is -2.25. The third-order valence-corrected chi connectivity index (χ3v) is 4.17. The molecule has 0 saturated heterocycles. The zero-order valence-corrected chi connectivity index (χ0v) is 12.3. The third kappa shape index (κ3) is 2.77. The number of benzene rings is 1. The monoisotopic (exact) mass is 263 g/mol. The van der Waals surface area contributed by atoms with Crippen molar-refractivity contribution in [3.8, 4) is 5.75 Å². The van der Waals surface area contributed by atoms with E-state index in [-0.39, 0.29) is 18.1 Å². The van der Waals surface area contributed by atoms with Crippen LogP contribution in [-0.2, 0) is 0 Å². The van der Waals surface area contributed by atoms with E-state index in [1.54, 1.807) is 6.07 Å². The Balaban J connectivity index is 2.22. The fourth-order valence-corrected chi connectivity index (χ4v) is 2.98. The molecule has 0 amide bonds. The zero-order chi connectivity index (χ0) is 14.2. The molecular weight excluding hydrogens is 238 g/mol. The zero-order valence-electron chi connectivity index (χ0n) is 12.3. The summed E-state index contributed by atoms with van der Waals surface area (Å²) in [6.45, 7) is 9.30. The van der Waals surface area contributed by atoms with E-state index >= 15 is 0 Å². The SMILES string of the molecule is Cc1ccc(O)c2c1C(C)CC2NCC(C)(C)CO. The number of rotatable bonds is 4. The van der Waals surface area contributed by atoms with Gasteiger partial charge in [-0.05, 0) is 36.5 Å². The molecule has 1 aromatic carbocycles. The standard InChI is InChI=1S/C16H25NO2/c1-10-5-6-13(19)15-12(7-11(2)14(10)15)17-8-16(3,4)9-18/h5-6,11-12,17-19H,7-9H2,1-4H3. The maximum atomic E-state index is 10.1. The van der Waals surface area contributed by atoms with Gasteiger partial charge < -0.3 is 15.5 Å². The van der Waals surface area contributed by atoms with Crippen LogP contribution in [0.3, 0.4) is 0 Å². The first-order chi connectivity index (χ1) is 8.85. The van der Waals surface area contributed by atoms with Gasteiger partial charge in [0.05, 0.1) is 0 Å². The second-order valence-corrected chi connectivity index (χ2v) is 6.62. The van der Waals surface area contributed by atoms with Gasteiger partial charge in [0.1, 0.15) is 5.75 Å². The molecule has 0 saturated carbocycles. The Labute approximate surface area is 115 Å². The average molecular weight is 263 g/mol. The topological polar surface area (TPSA) is 52.5 Å². The van der Waals surface area contributed by atoms with Crippen molar-refractivity contribution in [1.29, 1.82) is 0 Å². The second-order valence-electron chi connectivity index (χ2n) is 6.62. The first kappa shape index (κ1) is 14.4. The predicted molar refractivity (Wildman–Crippen MR) is 77.5 cm³/mol. The number of aliphatic hydroxyl groups excluding tert-OH is 1. The van der Waals surface area contributed by atoms with Gasteiger partial charge in [-0.25, -0.2) is 0 Å². The summed E-state index contributed by atoms with van der Waals surface area (Å²) in [5.41, 5.74) is 3.47. The molecule has 106 valence electrons. The lowest BCUT2D eigenvalue weighted by molar-refractivity contribution is 0.152. The van der Waals surface area contributed by atoms with Crippen molar-refractivity contribution in [3.05, 3.63) is 28.8 Å². The summed E-state index contributed by atoms with van der Waals surface area (Å²) in [6, 6.07) is 3.97. The molecule has 2 unspecified atom stereocenters. The Morgan fingerprint density at radius 2 is 2.00 bits per heavy atom. The van der Waals surface area contributed by atoms with E-state index < -0.39 is 0 Å².